The molecule has 1 heterocycles. The van der Waals surface area contributed by atoms with Crippen LogP contribution in [0.4, 0.5) is 0 Å². The minimum atomic E-state index is -0.832. The van der Waals surface area contributed by atoms with Gasteiger partial charge in [0.2, 0.25) is 5.91 Å². The highest BCUT2D eigenvalue weighted by molar-refractivity contribution is 5.80. The Morgan fingerprint density at radius 2 is 2.05 bits per heavy atom. The second kappa shape index (κ2) is 6.37. The number of hydrogen-bond donors (Lipinski definition) is 2. The van der Waals surface area contributed by atoms with Crippen LogP contribution in [0.5, 0.6) is 0 Å². The molecule has 1 aliphatic heterocycles. The zero-order valence-electron chi connectivity index (χ0n) is 12.4. The van der Waals surface area contributed by atoms with Crippen molar-refractivity contribution in [3.8, 4) is 0 Å². The largest absolute Gasteiger partial charge is 0.480 e. The summed E-state index contributed by atoms with van der Waals surface area (Å²) in [5.41, 5.74) is -0.289. The van der Waals surface area contributed by atoms with Crippen LogP contribution in [-0.4, -0.2) is 47.6 Å². The third-order valence-corrected chi connectivity index (χ3v) is 3.66. The van der Waals surface area contributed by atoms with E-state index in [0.29, 0.717) is 19.0 Å². The van der Waals surface area contributed by atoms with Gasteiger partial charge >= 0.3 is 5.97 Å². The number of likely N-dealkylation sites (tertiary alicyclic amines) is 1. The smallest absolute Gasteiger partial charge is 0.321 e. The van der Waals surface area contributed by atoms with Gasteiger partial charge in [-0.25, -0.2) is 0 Å². The third kappa shape index (κ3) is 4.49. The second-order valence-corrected chi connectivity index (χ2v) is 6.50. The fourth-order valence-corrected chi connectivity index (χ4v) is 2.72. The van der Waals surface area contributed by atoms with Gasteiger partial charge in [-0.2, -0.15) is 0 Å². The summed E-state index contributed by atoms with van der Waals surface area (Å²) >= 11 is 0. The lowest BCUT2D eigenvalue weighted by Crippen LogP contribution is -2.56. The van der Waals surface area contributed by atoms with Crippen molar-refractivity contribution in [2.24, 2.45) is 11.3 Å². The van der Waals surface area contributed by atoms with Crippen LogP contribution in [0.2, 0.25) is 0 Å². The zero-order valence-corrected chi connectivity index (χ0v) is 12.4. The van der Waals surface area contributed by atoms with Crippen molar-refractivity contribution in [3.63, 3.8) is 0 Å². The maximum absolute atomic E-state index is 11.8. The minimum Gasteiger partial charge on any atom is -0.480 e. The molecule has 19 heavy (non-hydrogen) atoms. The van der Waals surface area contributed by atoms with E-state index in [1.165, 1.54) is 0 Å². The molecule has 1 aliphatic rings. The van der Waals surface area contributed by atoms with Crippen molar-refractivity contribution in [3.05, 3.63) is 0 Å². The molecule has 0 bridgehead atoms. The Balaban J connectivity index is 2.64. The van der Waals surface area contributed by atoms with Crippen LogP contribution in [-0.2, 0) is 9.59 Å². The number of piperidine rings is 1. The number of amides is 1. The van der Waals surface area contributed by atoms with E-state index in [9.17, 15) is 14.7 Å². The van der Waals surface area contributed by atoms with E-state index in [1.807, 2.05) is 27.7 Å². The molecule has 5 nitrogen and oxygen atoms in total. The molecule has 110 valence electrons. The van der Waals surface area contributed by atoms with Crippen LogP contribution >= 0.6 is 0 Å². The van der Waals surface area contributed by atoms with E-state index in [2.05, 4.69) is 5.32 Å². The Hall–Kier alpha value is -1.10. The summed E-state index contributed by atoms with van der Waals surface area (Å²) in [7, 11) is 0. The van der Waals surface area contributed by atoms with Crippen LogP contribution < -0.4 is 5.32 Å². The van der Waals surface area contributed by atoms with Gasteiger partial charge in [-0.05, 0) is 30.7 Å². The molecule has 0 aromatic rings. The SMILES string of the molecule is CC(C)CNC(=O)CN1CCCC(C)(C)C1C(=O)O. The summed E-state index contributed by atoms with van der Waals surface area (Å²) in [5.74, 6) is -0.518. The van der Waals surface area contributed by atoms with Crippen molar-refractivity contribution in [1.29, 1.82) is 0 Å². The minimum absolute atomic E-state index is 0.0855. The Bertz CT molecular complexity index is 340. The monoisotopic (exact) mass is 270 g/mol. The molecule has 2 N–H and O–H groups in total. The van der Waals surface area contributed by atoms with E-state index < -0.39 is 12.0 Å². The van der Waals surface area contributed by atoms with Crippen LogP contribution in [0.1, 0.15) is 40.5 Å². The first-order valence-electron chi connectivity index (χ1n) is 6.97. The second-order valence-electron chi connectivity index (χ2n) is 6.50. The summed E-state index contributed by atoms with van der Waals surface area (Å²) in [6, 6.07) is -0.578. The van der Waals surface area contributed by atoms with E-state index in [4.69, 9.17) is 0 Å². The van der Waals surface area contributed by atoms with E-state index in [-0.39, 0.29) is 17.9 Å². The molecule has 5 heteroatoms. The molecule has 0 aromatic heterocycles. The number of aliphatic carboxylic acids is 1. The molecule has 1 amide bonds. The van der Waals surface area contributed by atoms with Gasteiger partial charge in [-0.15, -0.1) is 0 Å². The highest BCUT2D eigenvalue weighted by atomic mass is 16.4. The van der Waals surface area contributed by atoms with Crippen LogP contribution in [0, 0.1) is 11.3 Å². The zero-order chi connectivity index (χ0) is 14.6. The summed E-state index contributed by atoms with van der Waals surface area (Å²) in [6.45, 7) is 9.47. The number of carbonyl (C=O) groups excluding carboxylic acids is 1. The van der Waals surface area contributed by atoms with E-state index in [1.54, 1.807) is 4.90 Å². The lowest BCUT2D eigenvalue weighted by Gasteiger charge is -2.43. The Morgan fingerprint density at radius 3 is 2.58 bits per heavy atom. The predicted molar refractivity (Wildman–Crippen MR) is 73.9 cm³/mol. The summed E-state index contributed by atoms with van der Waals surface area (Å²) in [5, 5.41) is 12.2. The molecular formula is C14H26N2O3. The number of carboxylic acids is 1. The van der Waals surface area contributed by atoms with Gasteiger partial charge in [0.25, 0.3) is 0 Å². The van der Waals surface area contributed by atoms with Crippen molar-refractivity contribution in [1.82, 2.24) is 10.2 Å². The van der Waals surface area contributed by atoms with Crippen LogP contribution in [0.15, 0.2) is 0 Å². The number of rotatable bonds is 5. The maximum Gasteiger partial charge on any atom is 0.321 e. The normalized spacial score (nSPS) is 23.3. The van der Waals surface area contributed by atoms with Gasteiger partial charge in [0.15, 0.2) is 0 Å². The number of carbonyl (C=O) groups is 2. The molecule has 1 fully saturated rings. The summed E-state index contributed by atoms with van der Waals surface area (Å²) in [4.78, 5) is 25.1. The van der Waals surface area contributed by atoms with E-state index in [0.717, 1.165) is 12.8 Å². The van der Waals surface area contributed by atoms with Gasteiger partial charge in [-0.1, -0.05) is 27.7 Å². The Labute approximate surface area is 115 Å². The molecule has 1 unspecified atom stereocenters. The molecule has 0 aliphatic carbocycles. The molecule has 0 radical (unpaired) electrons. The average molecular weight is 270 g/mol. The van der Waals surface area contributed by atoms with Crippen molar-refractivity contribution in [2.75, 3.05) is 19.6 Å². The van der Waals surface area contributed by atoms with Gasteiger partial charge in [-0.3, -0.25) is 14.5 Å². The fourth-order valence-electron chi connectivity index (χ4n) is 2.72. The molecule has 0 aromatic carbocycles. The number of hydrogen-bond acceptors (Lipinski definition) is 3. The molecule has 1 saturated heterocycles. The average Bonchev–Trinajstić information content (AvgIpc) is 2.24. The Morgan fingerprint density at radius 1 is 1.42 bits per heavy atom. The first kappa shape index (κ1) is 16.0. The molecular weight excluding hydrogens is 244 g/mol. The lowest BCUT2D eigenvalue weighted by atomic mass is 9.76. The predicted octanol–water partition coefficient (Wildman–Crippen LogP) is 1.33. The number of nitrogens with one attached hydrogen (secondary N) is 1. The first-order chi connectivity index (χ1) is 8.74. The fraction of sp³-hybridized carbons (Fsp3) is 0.857. The summed E-state index contributed by atoms with van der Waals surface area (Å²) < 4.78 is 0. The topological polar surface area (TPSA) is 69.6 Å². The quantitative estimate of drug-likeness (QED) is 0.791. The van der Waals surface area contributed by atoms with Crippen molar-refractivity contribution < 1.29 is 14.7 Å². The van der Waals surface area contributed by atoms with Crippen molar-refractivity contribution in [2.45, 2.75) is 46.6 Å². The maximum atomic E-state index is 11.8. The molecule has 1 atom stereocenters. The van der Waals surface area contributed by atoms with Gasteiger partial charge in [0.1, 0.15) is 6.04 Å². The van der Waals surface area contributed by atoms with Gasteiger partial charge < -0.3 is 10.4 Å². The summed E-state index contributed by atoms with van der Waals surface area (Å²) in [6.07, 6.45) is 1.82. The number of carboxylic acid groups (broad SMARTS) is 1. The van der Waals surface area contributed by atoms with Gasteiger partial charge in [0.05, 0.1) is 6.54 Å². The first-order valence-corrected chi connectivity index (χ1v) is 6.97. The Kier molecular flexibility index (Phi) is 5.35. The lowest BCUT2D eigenvalue weighted by molar-refractivity contribution is -0.151. The number of nitrogens with zero attached hydrogens (tertiary/aromatic N) is 1. The van der Waals surface area contributed by atoms with Gasteiger partial charge in [0, 0.05) is 6.54 Å². The van der Waals surface area contributed by atoms with Crippen LogP contribution in [0.25, 0.3) is 0 Å². The highest BCUT2D eigenvalue weighted by Crippen LogP contribution is 2.35. The molecule has 0 spiro atoms. The van der Waals surface area contributed by atoms with Crippen LogP contribution in [0.3, 0.4) is 0 Å². The molecule has 0 saturated carbocycles. The molecule has 1 rings (SSSR count). The highest BCUT2D eigenvalue weighted by Gasteiger charge is 2.42. The van der Waals surface area contributed by atoms with E-state index >= 15 is 0 Å². The third-order valence-electron chi connectivity index (χ3n) is 3.66. The standard InChI is InChI=1S/C14H26N2O3/c1-10(2)8-15-11(17)9-16-7-5-6-14(3,4)12(16)13(18)19/h10,12H,5-9H2,1-4H3,(H,15,17)(H,18,19). The van der Waals surface area contributed by atoms with Crippen molar-refractivity contribution >= 4 is 11.9 Å².